The van der Waals surface area contributed by atoms with Crippen LogP contribution in [0.2, 0.25) is 0 Å². The van der Waals surface area contributed by atoms with Crippen molar-refractivity contribution in [2.75, 3.05) is 26.3 Å². The molecule has 1 heterocycles. The lowest BCUT2D eigenvalue weighted by Gasteiger charge is -2.09. The van der Waals surface area contributed by atoms with Crippen molar-refractivity contribution in [2.45, 2.75) is 45.1 Å². The van der Waals surface area contributed by atoms with Crippen molar-refractivity contribution >= 4 is 5.97 Å². The van der Waals surface area contributed by atoms with E-state index in [-0.39, 0.29) is 5.97 Å². The van der Waals surface area contributed by atoms with Gasteiger partial charge in [0.15, 0.2) is 0 Å². The number of rotatable bonds is 8. The number of ether oxygens (including phenoxy) is 2. The molecule has 94 valence electrons. The van der Waals surface area contributed by atoms with E-state index in [0.717, 1.165) is 38.8 Å². The first-order valence-corrected chi connectivity index (χ1v) is 6.31. The maximum atomic E-state index is 11.2. The van der Waals surface area contributed by atoms with E-state index in [1.807, 2.05) is 0 Å². The van der Waals surface area contributed by atoms with Gasteiger partial charge in [-0.15, -0.1) is 0 Å². The second-order valence-electron chi connectivity index (χ2n) is 4.17. The van der Waals surface area contributed by atoms with Crippen molar-refractivity contribution in [3.8, 4) is 0 Å². The molecule has 0 spiro atoms. The van der Waals surface area contributed by atoms with E-state index in [9.17, 15) is 4.79 Å². The second-order valence-corrected chi connectivity index (χ2v) is 4.17. The minimum atomic E-state index is -0.152. The molecule has 4 heteroatoms. The third-order valence-electron chi connectivity index (χ3n) is 2.70. The molecule has 0 radical (unpaired) electrons. The molecule has 1 saturated heterocycles. The molecule has 1 aliphatic heterocycles. The van der Waals surface area contributed by atoms with Crippen LogP contribution in [-0.4, -0.2) is 38.4 Å². The third-order valence-corrected chi connectivity index (χ3v) is 2.70. The van der Waals surface area contributed by atoms with Crippen LogP contribution in [0.1, 0.15) is 39.0 Å². The van der Waals surface area contributed by atoms with Crippen LogP contribution >= 0.6 is 0 Å². The van der Waals surface area contributed by atoms with Gasteiger partial charge in [0.1, 0.15) is 0 Å². The zero-order valence-corrected chi connectivity index (χ0v) is 10.2. The molecule has 1 fully saturated rings. The van der Waals surface area contributed by atoms with Gasteiger partial charge in [-0.2, -0.15) is 0 Å². The van der Waals surface area contributed by atoms with Gasteiger partial charge in [0, 0.05) is 6.61 Å². The molecule has 1 N–H and O–H groups in total. The Kier molecular flexibility index (Phi) is 7.17. The lowest BCUT2D eigenvalue weighted by atomic mass is 10.2. The molecule has 1 aliphatic rings. The first-order valence-electron chi connectivity index (χ1n) is 6.31. The number of carbonyl (C=O) groups is 1. The topological polar surface area (TPSA) is 47.6 Å². The predicted octanol–water partition coefficient (Wildman–Crippen LogP) is 1.49. The molecule has 0 aliphatic carbocycles. The monoisotopic (exact) mass is 229 g/mol. The van der Waals surface area contributed by atoms with Crippen LogP contribution in [0.4, 0.5) is 0 Å². The zero-order chi connectivity index (χ0) is 11.6. The molecule has 0 aromatic carbocycles. The van der Waals surface area contributed by atoms with E-state index in [1.54, 1.807) is 0 Å². The number of nitrogens with one attached hydrogen (secondary N) is 1. The van der Waals surface area contributed by atoms with Gasteiger partial charge in [0.2, 0.25) is 0 Å². The van der Waals surface area contributed by atoms with Crippen LogP contribution in [0.3, 0.4) is 0 Å². The van der Waals surface area contributed by atoms with Gasteiger partial charge in [-0.3, -0.25) is 4.79 Å². The molecule has 0 amide bonds. The van der Waals surface area contributed by atoms with Crippen LogP contribution in [0, 0.1) is 0 Å². The van der Waals surface area contributed by atoms with E-state index in [1.165, 1.54) is 6.42 Å². The highest BCUT2D eigenvalue weighted by atomic mass is 16.5. The van der Waals surface area contributed by atoms with Crippen molar-refractivity contribution in [3.63, 3.8) is 0 Å². The summed E-state index contributed by atoms with van der Waals surface area (Å²) in [6.07, 6.45) is 5.71. The standard InChI is InChI=1S/C12H23NO3/c1-2-3-8-16-12(14)10-13-7-6-11-5-4-9-15-11/h11,13H,2-10H2,1H3. The Morgan fingerprint density at radius 1 is 1.56 bits per heavy atom. The summed E-state index contributed by atoms with van der Waals surface area (Å²) in [5.41, 5.74) is 0. The van der Waals surface area contributed by atoms with Crippen LogP contribution in [0.25, 0.3) is 0 Å². The predicted molar refractivity (Wildman–Crippen MR) is 62.3 cm³/mol. The van der Waals surface area contributed by atoms with Gasteiger partial charge in [-0.1, -0.05) is 13.3 Å². The summed E-state index contributed by atoms with van der Waals surface area (Å²) in [4.78, 5) is 11.2. The van der Waals surface area contributed by atoms with Crippen molar-refractivity contribution in [1.29, 1.82) is 0 Å². The fourth-order valence-corrected chi connectivity index (χ4v) is 1.71. The van der Waals surface area contributed by atoms with Crippen molar-refractivity contribution in [3.05, 3.63) is 0 Å². The smallest absolute Gasteiger partial charge is 0.319 e. The summed E-state index contributed by atoms with van der Waals surface area (Å²) in [6.45, 7) is 4.66. The highest BCUT2D eigenvalue weighted by Gasteiger charge is 2.14. The molecule has 1 rings (SSSR count). The molecule has 1 atom stereocenters. The first-order chi connectivity index (χ1) is 7.83. The lowest BCUT2D eigenvalue weighted by Crippen LogP contribution is -2.27. The van der Waals surface area contributed by atoms with Crippen LogP contribution in [0.15, 0.2) is 0 Å². The van der Waals surface area contributed by atoms with Crippen molar-refractivity contribution in [2.24, 2.45) is 0 Å². The zero-order valence-electron chi connectivity index (χ0n) is 10.2. The fraction of sp³-hybridized carbons (Fsp3) is 0.917. The number of esters is 1. The Morgan fingerprint density at radius 2 is 2.44 bits per heavy atom. The van der Waals surface area contributed by atoms with Crippen molar-refractivity contribution in [1.82, 2.24) is 5.32 Å². The normalized spacial score (nSPS) is 19.9. The maximum Gasteiger partial charge on any atom is 0.319 e. The fourth-order valence-electron chi connectivity index (χ4n) is 1.71. The van der Waals surface area contributed by atoms with Crippen molar-refractivity contribution < 1.29 is 14.3 Å². The average molecular weight is 229 g/mol. The van der Waals surface area contributed by atoms with E-state index < -0.39 is 0 Å². The van der Waals surface area contributed by atoms with Crippen LogP contribution < -0.4 is 5.32 Å². The molecular weight excluding hydrogens is 206 g/mol. The minimum absolute atomic E-state index is 0.152. The molecule has 0 bridgehead atoms. The number of carbonyl (C=O) groups excluding carboxylic acids is 1. The Bertz CT molecular complexity index is 191. The van der Waals surface area contributed by atoms with Gasteiger partial charge in [-0.05, 0) is 32.2 Å². The van der Waals surface area contributed by atoms with E-state index >= 15 is 0 Å². The molecule has 4 nitrogen and oxygen atoms in total. The summed E-state index contributed by atoms with van der Waals surface area (Å²) in [5.74, 6) is -0.152. The number of hydrogen-bond donors (Lipinski definition) is 1. The molecular formula is C12H23NO3. The van der Waals surface area contributed by atoms with E-state index in [0.29, 0.717) is 19.3 Å². The highest BCUT2D eigenvalue weighted by molar-refractivity contribution is 5.71. The Hall–Kier alpha value is -0.610. The molecule has 0 saturated carbocycles. The largest absolute Gasteiger partial charge is 0.465 e. The summed E-state index contributed by atoms with van der Waals surface area (Å²) < 4.78 is 10.5. The average Bonchev–Trinajstić information content (AvgIpc) is 2.78. The summed E-state index contributed by atoms with van der Waals surface area (Å²) in [6, 6.07) is 0. The van der Waals surface area contributed by atoms with Gasteiger partial charge >= 0.3 is 5.97 Å². The Balaban J connectivity index is 1.87. The maximum absolute atomic E-state index is 11.2. The van der Waals surface area contributed by atoms with E-state index in [4.69, 9.17) is 9.47 Å². The number of hydrogen-bond acceptors (Lipinski definition) is 4. The number of unbranched alkanes of at least 4 members (excludes halogenated alkanes) is 1. The third kappa shape index (κ3) is 6.08. The summed E-state index contributed by atoms with van der Waals surface area (Å²) >= 11 is 0. The van der Waals surface area contributed by atoms with Gasteiger partial charge in [0.25, 0.3) is 0 Å². The molecule has 0 aromatic rings. The van der Waals surface area contributed by atoms with Gasteiger partial charge < -0.3 is 14.8 Å². The minimum Gasteiger partial charge on any atom is -0.465 e. The summed E-state index contributed by atoms with van der Waals surface area (Å²) in [7, 11) is 0. The Morgan fingerprint density at radius 3 is 3.12 bits per heavy atom. The molecule has 1 unspecified atom stereocenters. The molecule has 16 heavy (non-hydrogen) atoms. The Labute approximate surface area is 97.7 Å². The van der Waals surface area contributed by atoms with Gasteiger partial charge in [0.05, 0.1) is 19.3 Å². The lowest BCUT2D eigenvalue weighted by molar-refractivity contribution is -0.142. The summed E-state index contributed by atoms with van der Waals surface area (Å²) in [5, 5.41) is 3.08. The first kappa shape index (κ1) is 13.5. The van der Waals surface area contributed by atoms with E-state index in [2.05, 4.69) is 12.2 Å². The SMILES string of the molecule is CCCCOC(=O)CNCCC1CCCO1. The van der Waals surface area contributed by atoms with Crippen LogP contribution in [-0.2, 0) is 14.3 Å². The second kappa shape index (κ2) is 8.53. The van der Waals surface area contributed by atoms with Gasteiger partial charge in [-0.25, -0.2) is 0 Å². The quantitative estimate of drug-likeness (QED) is 0.506. The molecule has 0 aromatic heterocycles. The van der Waals surface area contributed by atoms with Crippen LogP contribution in [0.5, 0.6) is 0 Å². The highest BCUT2D eigenvalue weighted by Crippen LogP contribution is 2.14.